The summed E-state index contributed by atoms with van der Waals surface area (Å²) in [5, 5.41) is 1.24. The highest BCUT2D eigenvalue weighted by Gasteiger charge is 2.19. The van der Waals surface area contributed by atoms with E-state index in [1.54, 1.807) is 12.3 Å². The van der Waals surface area contributed by atoms with E-state index in [1.807, 2.05) is 30.5 Å². The van der Waals surface area contributed by atoms with Crippen molar-refractivity contribution in [1.82, 2.24) is 19.5 Å². The van der Waals surface area contributed by atoms with Gasteiger partial charge in [0, 0.05) is 10.0 Å². The smallest absolute Gasteiger partial charge is 0.197 e. The van der Waals surface area contributed by atoms with Crippen LogP contribution in [0.5, 0.6) is 0 Å². The molecule has 7 heteroatoms. The predicted octanol–water partition coefficient (Wildman–Crippen LogP) is 4.81. The number of halogens is 3. The first-order valence-corrected chi connectivity index (χ1v) is 7.84. The first-order valence-electron chi connectivity index (χ1n) is 6.29. The number of rotatable bonds is 2. The summed E-state index contributed by atoms with van der Waals surface area (Å²) in [5.74, 6) is 0.835. The maximum absolute atomic E-state index is 6.31. The van der Waals surface area contributed by atoms with E-state index in [4.69, 9.17) is 23.2 Å². The Morgan fingerprint density at radius 1 is 1.24 bits per heavy atom. The van der Waals surface area contributed by atoms with Gasteiger partial charge >= 0.3 is 0 Å². The summed E-state index contributed by atoms with van der Waals surface area (Å²) < 4.78 is 2.69. The molecule has 2 aromatic heterocycles. The quantitative estimate of drug-likeness (QED) is 0.635. The van der Waals surface area contributed by atoms with Gasteiger partial charge in [-0.05, 0) is 47.5 Å². The van der Waals surface area contributed by atoms with E-state index in [1.165, 1.54) is 0 Å². The summed E-state index contributed by atoms with van der Waals surface area (Å²) in [7, 11) is 0. The Hall–Kier alpha value is -1.17. The van der Waals surface area contributed by atoms with E-state index in [0.717, 1.165) is 17.0 Å². The minimum atomic E-state index is -0.0247. The van der Waals surface area contributed by atoms with Crippen molar-refractivity contribution < 1.29 is 0 Å². The summed E-state index contributed by atoms with van der Waals surface area (Å²) in [6.45, 7) is 3.98. The Balaban J connectivity index is 2.19. The molecule has 0 saturated carbocycles. The summed E-state index contributed by atoms with van der Waals surface area (Å²) in [4.78, 5) is 13.2. The number of fused-ring (bicyclic) bond motifs is 1. The largest absolute Gasteiger partial charge is 0.304 e. The minimum Gasteiger partial charge on any atom is -0.304 e. The topological polar surface area (TPSA) is 43.6 Å². The van der Waals surface area contributed by atoms with Crippen LogP contribution in [0.2, 0.25) is 10.0 Å². The Bertz CT molecular complexity index is 831. The molecule has 0 amide bonds. The number of nitrogens with zero attached hydrogens (tertiary/aromatic N) is 4. The zero-order valence-electron chi connectivity index (χ0n) is 11.3. The van der Waals surface area contributed by atoms with Crippen LogP contribution in [0.3, 0.4) is 0 Å². The maximum atomic E-state index is 6.31. The molecule has 0 spiro atoms. The van der Waals surface area contributed by atoms with Crippen LogP contribution in [-0.4, -0.2) is 19.5 Å². The SMILES string of the molecule is Cc1nc2ncc(Br)nc2n1[C@H](C)c1ccc(Cl)cc1Cl. The monoisotopic (exact) mass is 384 g/mol. The molecule has 3 rings (SSSR count). The van der Waals surface area contributed by atoms with Crippen molar-refractivity contribution in [3.05, 3.63) is 50.4 Å². The highest BCUT2D eigenvalue weighted by atomic mass is 79.9. The first-order chi connectivity index (χ1) is 9.97. The van der Waals surface area contributed by atoms with Gasteiger partial charge in [0.25, 0.3) is 0 Å². The van der Waals surface area contributed by atoms with Gasteiger partial charge in [0.2, 0.25) is 0 Å². The number of benzene rings is 1. The number of aromatic nitrogens is 4. The lowest BCUT2D eigenvalue weighted by Gasteiger charge is -2.17. The van der Waals surface area contributed by atoms with Gasteiger partial charge in [-0.2, -0.15) is 0 Å². The van der Waals surface area contributed by atoms with Gasteiger partial charge < -0.3 is 4.57 Å². The second-order valence-corrected chi connectivity index (χ2v) is 6.37. The van der Waals surface area contributed by atoms with Crippen molar-refractivity contribution in [2.75, 3.05) is 0 Å². The fourth-order valence-electron chi connectivity index (χ4n) is 2.40. The molecule has 3 aromatic rings. The molecule has 1 atom stereocenters. The molecule has 0 fully saturated rings. The van der Waals surface area contributed by atoms with E-state index in [9.17, 15) is 0 Å². The molecule has 2 heterocycles. The average Bonchev–Trinajstić information content (AvgIpc) is 2.73. The molecule has 4 nitrogen and oxygen atoms in total. The van der Waals surface area contributed by atoms with Crippen LogP contribution >= 0.6 is 39.1 Å². The zero-order valence-corrected chi connectivity index (χ0v) is 14.4. The van der Waals surface area contributed by atoms with Crippen molar-refractivity contribution in [3.63, 3.8) is 0 Å². The molecule has 0 saturated heterocycles. The van der Waals surface area contributed by atoms with Gasteiger partial charge in [0.15, 0.2) is 11.3 Å². The predicted molar refractivity (Wildman–Crippen MR) is 88.0 cm³/mol. The van der Waals surface area contributed by atoms with Crippen molar-refractivity contribution in [3.8, 4) is 0 Å². The van der Waals surface area contributed by atoms with E-state index < -0.39 is 0 Å². The van der Waals surface area contributed by atoms with E-state index >= 15 is 0 Å². The molecule has 0 bridgehead atoms. The molecule has 0 unspecified atom stereocenters. The number of aryl methyl sites for hydroxylation is 1. The molecule has 0 aliphatic carbocycles. The lowest BCUT2D eigenvalue weighted by Crippen LogP contribution is -2.10. The molecular weight excluding hydrogens is 375 g/mol. The number of hydrogen-bond acceptors (Lipinski definition) is 3. The van der Waals surface area contributed by atoms with Crippen LogP contribution in [0.15, 0.2) is 29.0 Å². The Morgan fingerprint density at radius 2 is 2.00 bits per heavy atom. The molecule has 0 aliphatic rings. The van der Waals surface area contributed by atoms with Crippen LogP contribution in [0, 0.1) is 6.92 Å². The molecule has 108 valence electrons. The Kier molecular flexibility index (Phi) is 3.90. The second kappa shape index (κ2) is 5.55. The van der Waals surface area contributed by atoms with Gasteiger partial charge in [0.1, 0.15) is 10.4 Å². The van der Waals surface area contributed by atoms with Crippen molar-refractivity contribution >= 4 is 50.4 Å². The van der Waals surface area contributed by atoms with E-state index in [2.05, 4.69) is 30.9 Å². The third-order valence-electron chi connectivity index (χ3n) is 3.35. The number of imidazole rings is 1. The summed E-state index contributed by atoms with van der Waals surface area (Å²) in [6, 6.07) is 5.47. The Morgan fingerprint density at radius 3 is 2.71 bits per heavy atom. The van der Waals surface area contributed by atoms with Crippen LogP contribution in [-0.2, 0) is 0 Å². The third kappa shape index (κ3) is 2.65. The molecule has 1 aromatic carbocycles. The van der Waals surface area contributed by atoms with Gasteiger partial charge in [-0.15, -0.1) is 0 Å². The molecule has 0 radical (unpaired) electrons. The maximum Gasteiger partial charge on any atom is 0.197 e. The van der Waals surface area contributed by atoms with Crippen molar-refractivity contribution in [1.29, 1.82) is 0 Å². The van der Waals surface area contributed by atoms with E-state index in [-0.39, 0.29) is 6.04 Å². The van der Waals surface area contributed by atoms with Gasteiger partial charge in [-0.25, -0.2) is 15.0 Å². The van der Waals surface area contributed by atoms with Crippen LogP contribution in [0.25, 0.3) is 11.3 Å². The zero-order chi connectivity index (χ0) is 15.1. The highest BCUT2D eigenvalue weighted by Crippen LogP contribution is 2.31. The highest BCUT2D eigenvalue weighted by molar-refractivity contribution is 9.10. The second-order valence-electron chi connectivity index (χ2n) is 4.71. The van der Waals surface area contributed by atoms with Gasteiger partial charge in [-0.3, -0.25) is 0 Å². The van der Waals surface area contributed by atoms with Crippen LogP contribution in [0.4, 0.5) is 0 Å². The fraction of sp³-hybridized carbons (Fsp3) is 0.214. The van der Waals surface area contributed by atoms with Crippen molar-refractivity contribution in [2.24, 2.45) is 0 Å². The van der Waals surface area contributed by atoms with E-state index in [0.29, 0.717) is 20.3 Å². The lowest BCUT2D eigenvalue weighted by atomic mass is 10.1. The first kappa shape index (κ1) is 14.8. The molecule has 0 N–H and O–H groups in total. The van der Waals surface area contributed by atoms with Gasteiger partial charge in [-0.1, -0.05) is 29.3 Å². The number of hydrogen-bond donors (Lipinski definition) is 0. The summed E-state index contributed by atoms with van der Waals surface area (Å²) in [5.41, 5.74) is 2.30. The van der Waals surface area contributed by atoms with Crippen molar-refractivity contribution in [2.45, 2.75) is 19.9 Å². The third-order valence-corrected chi connectivity index (χ3v) is 4.29. The molecule has 21 heavy (non-hydrogen) atoms. The normalized spacial score (nSPS) is 12.8. The summed E-state index contributed by atoms with van der Waals surface area (Å²) in [6.07, 6.45) is 1.64. The van der Waals surface area contributed by atoms with Crippen LogP contribution in [0.1, 0.15) is 24.4 Å². The Labute approximate surface area is 140 Å². The molecule has 0 aliphatic heterocycles. The van der Waals surface area contributed by atoms with Crippen LogP contribution < -0.4 is 0 Å². The lowest BCUT2D eigenvalue weighted by molar-refractivity contribution is 0.632. The molecular formula is C14H11BrCl2N4. The van der Waals surface area contributed by atoms with Gasteiger partial charge in [0.05, 0.1) is 12.2 Å². The minimum absolute atomic E-state index is 0.0247. The fourth-order valence-corrected chi connectivity index (χ4v) is 3.23. The summed E-state index contributed by atoms with van der Waals surface area (Å²) >= 11 is 15.6. The standard InChI is InChI=1S/C14H11BrCl2N4/c1-7(10-4-3-9(16)5-11(10)17)21-8(2)19-13-14(21)20-12(15)6-18-13/h3-7H,1-2H3/t7-/m1/s1. The average molecular weight is 386 g/mol.